The van der Waals surface area contributed by atoms with Crippen LogP contribution in [-0.2, 0) is 0 Å². The maximum absolute atomic E-state index is 5.79. The molecule has 0 aromatic heterocycles. The summed E-state index contributed by atoms with van der Waals surface area (Å²) in [5.41, 5.74) is 1.82. The summed E-state index contributed by atoms with van der Waals surface area (Å²) in [6.07, 6.45) is 1.82. The Labute approximate surface area is 169 Å². The predicted molar refractivity (Wildman–Crippen MR) is 113 cm³/mol. The number of rotatable bonds is 6. The van der Waals surface area contributed by atoms with Gasteiger partial charge in [-0.3, -0.25) is 4.99 Å². The number of para-hydroxylation sites is 1. The van der Waals surface area contributed by atoms with Gasteiger partial charge in [0, 0.05) is 6.21 Å². The molecular weight excluding hydrogens is 458 g/mol. The van der Waals surface area contributed by atoms with Crippen LogP contribution in [0.2, 0.25) is 0 Å². The molecule has 0 N–H and O–H groups in total. The van der Waals surface area contributed by atoms with Crippen LogP contribution in [0.15, 0.2) is 80.7 Å². The lowest BCUT2D eigenvalue weighted by Crippen LogP contribution is -1.94. The number of hydrogen-bond acceptors (Lipinski definition) is 3. The van der Waals surface area contributed by atoms with Crippen LogP contribution in [0.5, 0.6) is 17.2 Å². The van der Waals surface area contributed by atoms with E-state index in [-0.39, 0.29) is 0 Å². The number of hydrogen-bond donors (Lipinski definition) is 0. The van der Waals surface area contributed by atoms with Crippen LogP contribution in [0.25, 0.3) is 0 Å². The van der Waals surface area contributed by atoms with Gasteiger partial charge in [0.15, 0.2) is 0 Å². The summed E-state index contributed by atoms with van der Waals surface area (Å²) in [4.78, 5) is 4.52. The van der Waals surface area contributed by atoms with Crippen molar-refractivity contribution in [2.45, 2.75) is 6.92 Å². The molecule has 0 amide bonds. The van der Waals surface area contributed by atoms with Gasteiger partial charge in [0.05, 0.1) is 21.2 Å². The lowest BCUT2D eigenvalue weighted by molar-refractivity contribution is 0.336. The van der Waals surface area contributed by atoms with E-state index >= 15 is 0 Å². The van der Waals surface area contributed by atoms with Gasteiger partial charge in [-0.15, -0.1) is 0 Å². The zero-order valence-corrected chi connectivity index (χ0v) is 17.3. The Morgan fingerprint density at radius 1 is 0.885 bits per heavy atom. The smallest absolute Gasteiger partial charge is 0.147 e. The van der Waals surface area contributed by atoms with Crippen molar-refractivity contribution < 1.29 is 9.47 Å². The molecule has 0 aliphatic carbocycles. The van der Waals surface area contributed by atoms with Crippen molar-refractivity contribution in [3.8, 4) is 17.2 Å². The Balaban J connectivity index is 1.71. The van der Waals surface area contributed by atoms with Crippen LogP contribution in [0.1, 0.15) is 12.5 Å². The van der Waals surface area contributed by atoms with Gasteiger partial charge in [0.1, 0.15) is 17.2 Å². The number of nitrogens with zero attached hydrogens (tertiary/aromatic N) is 1. The summed E-state index contributed by atoms with van der Waals surface area (Å²) in [7, 11) is 0. The molecule has 5 heteroatoms. The maximum Gasteiger partial charge on any atom is 0.147 e. The molecule has 3 aromatic rings. The SMILES string of the molecule is CCOc1c(Br)cc(C=Nc2ccc(Oc3ccccc3)cc2)cc1Br. The lowest BCUT2D eigenvalue weighted by atomic mass is 10.2. The van der Waals surface area contributed by atoms with Gasteiger partial charge in [0.25, 0.3) is 0 Å². The maximum atomic E-state index is 5.79. The molecule has 0 radical (unpaired) electrons. The van der Waals surface area contributed by atoms with E-state index in [0.717, 1.165) is 37.4 Å². The fourth-order valence-corrected chi connectivity index (χ4v) is 3.76. The highest BCUT2D eigenvalue weighted by atomic mass is 79.9. The molecule has 3 rings (SSSR count). The molecule has 0 saturated heterocycles. The monoisotopic (exact) mass is 473 g/mol. The first-order valence-corrected chi connectivity index (χ1v) is 9.73. The lowest BCUT2D eigenvalue weighted by Gasteiger charge is -2.09. The molecule has 26 heavy (non-hydrogen) atoms. The van der Waals surface area contributed by atoms with Gasteiger partial charge in [0.2, 0.25) is 0 Å². The third kappa shape index (κ3) is 4.96. The Morgan fingerprint density at radius 2 is 1.50 bits per heavy atom. The molecule has 0 atom stereocenters. The standard InChI is InChI=1S/C21H17Br2NO2/c1-2-25-21-19(22)12-15(13-20(21)23)14-24-16-8-10-18(11-9-16)26-17-6-4-3-5-7-17/h3-14H,2H2,1H3. The molecule has 0 aliphatic heterocycles. The van der Waals surface area contributed by atoms with E-state index in [1.165, 1.54) is 0 Å². The fourth-order valence-electron chi connectivity index (χ4n) is 2.31. The summed E-state index contributed by atoms with van der Waals surface area (Å²) in [6, 6.07) is 21.3. The molecule has 0 heterocycles. The van der Waals surface area contributed by atoms with Crippen LogP contribution in [0, 0.1) is 0 Å². The van der Waals surface area contributed by atoms with Gasteiger partial charge in [-0.05, 0) is 92.9 Å². The van der Waals surface area contributed by atoms with Crippen LogP contribution in [0.3, 0.4) is 0 Å². The number of aliphatic imine (C=N–C) groups is 1. The second-order valence-electron chi connectivity index (χ2n) is 5.41. The normalized spacial score (nSPS) is 10.9. The molecular formula is C21H17Br2NO2. The Hall–Kier alpha value is -2.11. The molecule has 132 valence electrons. The molecule has 3 nitrogen and oxygen atoms in total. The van der Waals surface area contributed by atoms with Crippen molar-refractivity contribution in [1.29, 1.82) is 0 Å². The Kier molecular flexibility index (Phi) is 6.47. The first kappa shape index (κ1) is 18.7. The van der Waals surface area contributed by atoms with Crippen molar-refractivity contribution in [1.82, 2.24) is 0 Å². The van der Waals surface area contributed by atoms with Crippen molar-refractivity contribution >= 4 is 43.8 Å². The van der Waals surface area contributed by atoms with E-state index in [2.05, 4.69) is 36.9 Å². The van der Waals surface area contributed by atoms with E-state index in [9.17, 15) is 0 Å². The van der Waals surface area contributed by atoms with Crippen molar-refractivity contribution in [2.24, 2.45) is 4.99 Å². The summed E-state index contributed by atoms with van der Waals surface area (Å²) < 4.78 is 13.2. The second kappa shape index (κ2) is 9.01. The summed E-state index contributed by atoms with van der Waals surface area (Å²) in [5, 5.41) is 0. The fraction of sp³-hybridized carbons (Fsp3) is 0.0952. The highest BCUT2D eigenvalue weighted by molar-refractivity contribution is 9.11. The minimum absolute atomic E-state index is 0.613. The largest absolute Gasteiger partial charge is 0.492 e. The molecule has 0 unspecified atom stereocenters. The van der Waals surface area contributed by atoms with Crippen LogP contribution in [-0.4, -0.2) is 12.8 Å². The zero-order valence-electron chi connectivity index (χ0n) is 14.2. The third-order valence-electron chi connectivity index (χ3n) is 3.49. The number of halogens is 2. The quantitative estimate of drug-likeness (QED) is 0.355. The summed E-state index contributed by atoms with van der Waals surface area (Å²) in [6.45, 7) is 2.57. The minimum atomic E-state index is 0.613. The highest BCUT2D eigenvalue weighted by Crippen LogP contribution is 2.34. The molecule has 0 fully saturated rings. The van der Waals surface area contributed by atoms with Crippen LogP contribution < -0.4 is 9.47 Å². The molecule has 0 aliphatic rings. The summed E-state index contributed by atoms with van der Waals surface area (Å²) in [5.74, 6) is 2.39. The number of ether oxygens (including phenoxy) is 2. The van der Waals surface area contributed by atoms with Crippen molar-refractivity contribution in [3.05, 3.63) is 81.2 Å². The van der Waals surface area contributed by atoms with E-state index < -0.39 is 0 Å². The van der Waals surface area contributed by atoms with E-state index in [4.69, 9.17) is 9.47 Å². The average Bonchev–Trinajstić information content (AvgIpc) is 2.65. The molecule has 0 bridgehead atoms. The topological polar surface area (TPSA) is 30.8 Å². The highest BCUT2D eigenvalue weighted by Gasteiger charge is 2.07. The van der Waals surface area contributed by atoms with Crippen LogP contribution in [0.4, 0.5) is 5.69 Å². The summed E-state index contributed by atoms with van der Waals surface area (Å²) >= 11 is 7.07. The molecule has 0 spiro atoms. The van der Waals surface area contributed by atoms with E-state index in [0.29, 0.717) is 6.61 Å². The van der Waals surface area contributed by atoms with Crippen molar-refractivity contribution in [2.75, 3.05) is 6.61 Å². The second-order valence-corrected chi connectivity index (χ2v) is 7.12. The van der Waals surface area contributed by atoms with Gasteiger partial charge in [-0.2, -0.15) is 0 Å². The average molecular weight is 475 g/mol. The van der Waals surface area contributed by atoms with Crippen molar-refractivity contribution in [3.63, 3.8) is 0 Å². The number of benzene rings is 3. The first-order chi connectivity index (χ1) is 12.7. The molecule has 3 aromatic carbocycles. The van der Waals surface area contributed by atoms with E-state index in [1.807, 2.05) is 79.9 Å². The first-order valence-electron chi connectivity index (χ1n) is 8.14. The Bertz CT molecular complexity index is 871. The van der Waals surface area contributed by atoms with E-state index in [1.54, 1.807) is 0 Å². The van der Waals surface area contributed by atoms with Crippen LogP contribution >= 0.6 is 31.9 Å². The van der Waals surface area contributed by atoms with Gasteiger partial charge in [-0.25, -0.2) is 0 Å². The third-order valence-corrected chi connectivity index (χ3v) is 4.67. The zero-order chi connectivity index (χ0) is 18.4. The van der Waals surface area contributed by atoms with Gasteiger partial charge < -0.3 is 9.47 Å². The molecule has 0 saturated carbocycles. The Morgan fingerprint density at radius 3 is 2.12 bits per heavy atom. The minimum Gasteiger partial charge on any atom is -0.492 e. The van der Waals surface area contributed by atoms with Gasteiger partial charge in [-0.1, -0.05) is 18.2 Å². The predicted octanol–water partition coefficient (Wildman–Crippen LogP) is 7.15. The van der Waals surface area contributed by atoms with Gasteiger partial charge >= 0.3 is 0 Å².